The molecule has 1 aliphatic heterocycles. The molecule has 0 bridgehead atoms. The summed E-state index contributed by atoms with van der Waals surface area (Å²) in [5.74, 6) is 4.72. The van der Waals surface area contributed by atoms with E-state index in [-0.39, 0.29) is 24.6 Å². The molecule has 31 heavy (non-hydrogen) atoms. The molecule has 0 radical (unpaired) electrons. The van der Waals surface area contributed by atoms with Crippen LogP contribution in [0.4, 0.5) is 0 Å². The van der Waals surface area contributed by atoms with Gasteiger partial charge in [-0.1, -0.05) is 30.0 Å². The minimum absolute atomic E-state index is 0.215. The van der Waals surface area contributed by atoms with E-state index in [9.17, 15) is 14.7 Å². The third-order valence-electron chi connectivity index (χ3n) is 5.15. The van der Waals surface area contributed by atoms with Crippen molar-refractivity contribution in [2.45, 2.75) is 18.9 Å². The molecule has 1 fully saturated rings. The van der Waals surface area contributed by atoms with Crippen LogP contribution in [0.3, 0.4) is 0 Å². The number of amides is 1. The van der Waals surface area contributed by atoms with Crippen LogP contribution in [-0.4, -0.2) is 57.7 Å². The number of likely N-dealkylation sites (tertiary alicyclic amines) is 1. The van der Waals surface area contributed by atoms with Crippen LogP contribution in [-0.2, 0) is 9.53 Å². The van der Waals surface area contributed by atoms with Crippen molar-refractivity contribution in [1.82, 2.24) is 14.9 Å². The zero-order valence-corrected chi connectivity index (χ0v) is 17.3. The normalized spacial score (nSPS) is 18.0. The summed E-state index contributed by atoms with van der Waals surface area (Å²) in [6.07, 6.45) is 1.96. The highest BCUT2D eigenvalue weighted by atomic mass is 16.5. The summed E-state index contributed by atoms with van der Waals surface area (Å²) in [5, 5.41) is 11.2. The number of carbonyl (C=O) groups is 2. The lowest BCUT2D eigenvalue weighted by atomic mass is 10.0. The Morgan fingerprint density at radius 3 is 2.74 bits per heavy atom. The molecule has 0 saturated carbocycles. The Balaban J connectivity index is 1.69. The lowest BCUT2D eigenvalue weighted by Crippen LogP contribution is -2.37. The fourth-order valence-electron chi connectivity index (χ4n) is 3.45. The maximum absolute atomic E-state index is 12.2. The monoisotopic (exact) mass is 415 g/mol. The zero-order valence-electron chi connectivity index (χ0n) is 17.3. The molecule has 1 saturated heterocycles. The van der Waals surface area contributed by atoms with Gasteiger partial charge in [0.25, 0.3) is 5.91 Å². The summed E-state index contributed by atoms with van der Waals surface area (Å²) < 4.78 is 5.10. The van der Waals surface area contributed by atoms with Crippen molar-refractivity contribution >= 4 is 22.8 Å². The van der Waals surface area contributed by atoms with Gasteiger partial charge in [-0.3, -0.25) is 9.78 Å². The van der Waals surface area contributed by atoms with Crippen molar-refractivity contribution in [3.05, 3.63) is 59.9 Å². The Bertz CT molecular complexity index is 1230. The summed E-state index contributed by atoms with van der Waals surface area (Å²) in [6.45, 7) is 2.49. The van der Waals surface area contributed by atoms with Gasteiger partial charge in [0, 0.05) is 42.7 Å². The molecule has 7 nitrogen and oxygen atoms in total. The Kier molecular flexibility index (Phi) is 5.40. The van der Waals surface area contributed by atoms with E-state index >= 15 is 0 Å². The van der Waals surface area contributed by atoms with Crippen LogP contribution in [0, 0.1) is 11.8 Å². The standard InChI is InChI=1S/C24H21N3O4/c1-3-31-22(28)19-15-18-5-4-13-25-20(18)21(26-19)17-8-6-16(7-9-17)10-11-24(30)12-14-27(2)23(24)29/h4-9,13,15,30H,3,12,14H2,1-2H3/t24-/m0/s1. The van der Waals surface area contributed by atoms with Crippen molar-refractivity contribution in [2.75, 3.05) is 20.2 Å². The molecule has 1 amide bonds. The zero-order chi connectivity index (χ0) is 22.0. The van der Waals surface area contributed by atoms with E-state index < -0.39 is 11.6 Å². The molecule has 3 aromatic rings. The molecule has 156 valence electrons. The number of esters is 1. The third kappa shape index (κ3) is 3.98. The second kappa shape index (κ2) is 8.17. The number of carbonyl (C=O) groups excluding carboxylic acids is 2. The number of rotatable bonds is 3. The number of hydrogen-bond acceptors (Lipinski definition) is 6. The summed E-state index contributed by atoms with van der Waals surface area (Å²) >= 11 is 0. The summed E-state index contributed by atoms with van der Waals surface area (Å²) in [6, 6.07) is 12.5. The summed E-state index contributed by atoms with van der Waals surface area (Å²) in [5.41, 5.74) is 1.22. The SMILES string of the molecule is CCOC(=O)c1cc2cccnc2c(-c2ccc(C#C[C@]3(O)CCN(C)C3=O)cc2)n1. The van der Waals surface area contributed by atoms with Gasteiger partial charge in [0.15, 0.2) is 0 Å². The molecule has 0 spiro atoms. The number of aromatic nitrogens is 2. The van der Waals surface area contributed by atoms with Crippen LogP contribution < -0.4 is 0 Å². The average molecular weight is 415 g/mol. The van der Waals surface area contributed by atoms with Crippen LogP contribution in [0.5, 0.6) is 0 Å². The number of likely N-dealkylation sites (N-methyl/N-ethyl adjacent to an activating group) is 1. The van der Waals surface area contributed by atoms with Crippen molar-refractivity contribution in [1.29, 1.82) is 0 Å². The van der Waals surface area contributed by atoms with E-state index in [1.807, 2.05) is 18.2 Å². The number of hydrogen-bond donors (Lipinski definition) is 1. The molecule has 3 heterocycles. The van der Waals surface area contributed by atoms with Gasteiger partial charge in [-0.25, -0.2) is 9.78 Å². The van der Waals surface area contributed by atoms with Crippen LogP contribution in [0.25, 0.3) is 22.2 Å². The Morgan fingerprint density at radius 1 is 1.29 bits per heavy atom. The number of benzene rings is 1. The first-order valence-corrected chi connectivity index (χ1v) is 9.96. The summed E-state index contributed by atoms with van der Waals surface area (Å²) in [4.78, 5) is 34.7. The van der Waals surface area contributed by atoms with Gasteiger partial charge in [-0.2, -0.15) is 0 Å². The van der Waals surface area contributed by atoms with Gasteiger partial charge >= 0.3 is 5.97 Å². The molecule has 0 aliphatic carbocycles. The van der Waals surface area contributed by atoms with Crippen molar-refractivity contribution in [3.8, 4) is 23.1 Å². The molecule has 1 atom stereocenters. The number of pyridine rings is 2. The molecule has 7 heteroatoms. The van der Waals surface area contributed by atoms with E-state index in [4.69, 9.17) is 4.74 Å². The van der Waals surface area contributed by atoms with E-state index in [1.165, 1.54) is 4.90 Å². The van der Waals surface area contributed by atoms with Crippen molar-refractivity contribution in [3.63, 3.8) is 0 Å². The van der Waals surface area contributed by atoms with Gasteiger partial charge < -0.3 is 14.7 Å². The largest absolute Gasteiger partial charge is 0.461 e. The molecule has 1 aliphatic rings. The maximum Gasteiger partial charge on any atom is 0.356 e. The lowest BCUT2D eigenvalue weighted by Gasteiger charge is -2.13. The fourth-order valence-corrected chi connectivity index (χ4v) is 3.45. The van der Waals surface area contributed by atoms with Gasteiger partial charge in [0.05, 0.1) is 17.8 Å². The molecule has 2 aromatic heterocycles. The Morgan fingerprint density at radius 2 is 2.06 bits per heavy atom. The van der Waals surface area contributed by atoms with Gasteiger partial charge in [0.2, 0.25) is 5.60 Å². The summed E-state index contributed by atoms with van der Waals surface area (Å²) in [7, 11) is 1.65. The lowest BCUT2D eigenvalue weighted by molar-refractivity contribution is -0.137. The van der Waals surface area contributed by atoms with Crippen molar-refractivity contribution < 1.29 is 19.4 Å². The minimum atomic E-state index is -1.64. The van der Waals surface area contributed by atoms with E-state index in [0.29, 0.717) is 23.3 Å². The first kappa shape index (κ1) is 20.5. The van der Waals surface area contributed by atoms with Gasteiger partial charge in [-0.15, -0.1) is 0 Å². The second-order valence-electron chi connectivity index (χ2n) is 7.32. The fraction of sp³-hybridized carbons (Fsp3) is 0.250. The Hall–Kier alpha value is -3.76. The van der Waals surface area contributed by atoms with Crippen LogP contribution >= 0.6 is 0 Å². The van der Waals surface area contributed by atoms with Crippen molar-refractivity contribution in [2.24, 2.45) is 0 Å². The van der Waals surface area contributed by atoms with E-state index in [1.54, 1.807) is 44.4 Å². The molecule has 0 unspecified atom stereocenters. The molecule has 1 N–H and O–H groups in total. The third-order valence-corrected chi connectivity index (χ3v) is 5.15. The molecular weight excluding hydrogens is 394 g/mol. The highest BCUT2D eigenvalue weighted by Crippen LogP contribution is 2.27. The maximum atomic E-state index is 12.2. The van der Waals surface area contributed by atoms with Crippen LogP contribution in [0.15, 0.2) is 48.7 Å². The first-order valence-electron chi connectivity index (χ1n) is 9.96. The second-order valence-corrected chi connectivity index (χ2v) is 7.32. The quantitative estimate of drug-likeness (QED) is 0.522. The van der Waals surface area contributed by atoms with Gasteiger partial charge in [-0.05, 0) is 31.2 Å². The number of ether oxygens (including phenoxy) is 1. The highest BCUT2D eigenvalue weighted by Gasteiger charge is 2.42. The van der Waals surface area contributed by atoms with E-state index in [0.717, 1.165) is 10.9 Å². The first-order chi connectivity index (χ1) is 14.9. The van der Waals surface area contributed by atoms with Crippen LogP contribution in [0.1, 0.15) is 29.4 Å². The molecule has 1 aromatic carbocycles. The predicted octanol–water partition coefficient (Wildman–Crippen LogP) is 2.42. The van der Waals surface area contributed by atoms with Crippen LogP contribution in [0.2, 0.25) is 0 Å². The molecular formula is C24H21N3O4. The Labute approximate surface area is 179 Å². The number of fused-ring (bicyclic) bond motifs is 1. The topological polar surface area (TPSA) is 92.6 Å². The number of aliphatic hydroxyl groups is 1. The minimum Gasteiger partial charge on any atom is -0.461 e. The highest BCUT2D eigenvalue weighted by molar-refractivity contribution is 5.98. The number of nitrogens with zero attached hydrogens (tertiary/aromatic N) is 3. The smallest absolute Gasteiger partial charge is 0.356 e. The van der Waals surface area contributed by atoms with E-state index in [2.05, 4.69) is 21.8 Å². The predicted molar refractivity (Wildman–Crippen MR) is 115 cm³/mol. The van der Waals surface area contributed by atoms with Gasteiger partial charge in [0.1, 0.15) is 5.69 Å². The molecule has 4 rings (SSSR count). The average Bonchev–Trinajstić information content (AvgIpc) is 3.05.